The molecule has 1 aromatic heterocycles. The largest absolute Gasteiger partial charge is 0.383 e. The van der Waals surface area contributed by atoms with E-state index in [1.807, 2.05) is 6.07 Å². The lowest BCUT2D eigenvalue weighted by atomic mass is 9.94. The number of ether oxygens (including phenoxy) is 1. The Morgan fingerprint density at radius 2 is 2.37 bits per heavy atom. The van der Waals surface area contributed by atoms with Crippen LogP contribution in [0.1, 0.15) is 19.3 Å². The second-order valence-electron chi connectivity index (χ2n) is 4.92. The lowest BCUT2D eigenvalue weighted by Gasteiger charge is -2.30. The molecule has 0 aliphatic heterocycles. The van der Waals surface area contributed by atoms with E-state index >= 15 is 0 Å². The summed E-state index contributed by atoms with van der Waals surface area (Å²) < 4.78 is 5.21. The van der Waals surface area contributed by atoms with Crippen molar-refractivity contribution in [2.24, 2.45) is 5.92 Å². The zero-order valence-electron chi connectivity index (χ0n) is 11.4. The number of aromatic nitrogens is 1. The SMILES string of the molecule is COCCN(CC1CC=CCC1)c1ccncc1Cl. The molecule has 0 saturated carbocycles. The van der Waals surface area contributed by atoms with Crippen molar-refractivity contribution in [1.82, 2.24) is 4.98 Å². The third kappa shape index (κ3) is 4.22. The van der Waals surface area contributed by atoms with Crippen LogP contribution in [-0.4, -0.2) is 31.8 Å². The summed E-state index contributed by atoms with van der Waals surface area (Å²) in [4.78, 5) is 6.37. The van der Waals surface area contributed by atoms with Crippen LogP contribution in [0.2, 0.25) is 5.02 Å². The standard InChI is InChI=1S/C15H21ClN2O/c1-19-10-9-18(12-13-5-3-2-4-6-13)15-7-8-17-11-14(15)16/h2-3,7-8,11,13H,4-6,9-10,12H2,1H3. The highest BCUT2D eigenvalue weighted by molar-refractivity contribution is 6.33. The fourth-order valence-corrected chi connectivity index (χ4v) is 2.71. The first-order chi connectivity index (χ1) is 9.31. The fraction of sp³-hybridized carbons (Fsp3) is 0.533. The number of hydrogen-bond acceptors (Lipinski definition) is 3. The number of pyridine rings is 1. The van der Waals surface area contributed by atoms with Gasteiger partial charge in [-0.05, 0) is 31.2 Å². The van der Waals surface area contributed by atoms with Crippen molar-refractivity contribution in [1.29, 1.82) is 0 Å². The summed E-state index contributed by atoms with van der Waals surface area (Å²) in [7, 11) is 1.73. The molecule has 0 bridgehead atoms. The Kier molecular flexibility index (Phi) is 5.67. The van der Waals surface area contributed by atoms with Crippen LogP contribution in [0.4, 0.5) is 5.69 Å². The molecule has 0 amide bonds. The Hall–Kier alpha value is -1.06. The Morgan fingerprint density at radius 3 is 3.05 bits per heavy atom. The number of hydrogen-bond donors (Lipinski definition) is 0. The number of anilines is 1. The molecule has 1 aliphatic carbocycles. The normalized spacial score (nSPS) is 18.5. The maximum atomic E-state index is 6.26. The molecule has 2 rings (SSSR count). The molecule has 4 heteroatoms. The molecule has 0 radical (unpaired) electrons. The van der Waals surface area contributed by atoms with E-state index in [-0.39, 0.29) is 0 Å². The van der Waals surface area contributed by atoms with Crippen molar-refractivity contribution in [3.63, 3.8) is 0 Å². The number of allylic oxidation sites excluding steroid dienone is 2. The average Bonchev–Trinajstić information content (AvgIpc) is 2.45. The number of methoxy groups -OCH3 is 1. The average molecular weight is 281 g/mol. The summed E-state index contributed by atoms with van der Waals surface area (Å²) >= 11 is 6.26. The van der Waals surface area contributed by atoms with Gasteiger partial charge in [0.1, 0.15) is 0 Å². The van der Waals surface area contributed by atoms with Gasteiger partial charge in [-0.2, -0.15) is 0 Å². The van der Waals surface area contributed by atoms with Gasteiger partial charge < -0.3 is 9.64 Å². The molecule has 0 saturated heterocycles. The van der Waals surface area contributed by atoms with Gasteiger partial charge in [-0.25, -0.2) is 0 Å². The van der Waals surface area contributed by atoms with Gasteiger partial charge in [0.25, 0.3) is 0 Å². The van der Waals surface area contributed by atoms with Crippen LogP contribution in [0.15, 0.2) is 30.6 Å². The summed E-state index contributed by atoms with van der Waals surface area (Å²) in [5, 5.41) is 0.713. The van der Waals surface area contributed by atoms with Crippen molar-refractivity contribution in [2.75, 3.05) is 31.7 Å². The van der Waals surface area contributed by atoms with Gasteiger partial charge in [0, 0.05) is 32.6 Å². The van der Waals surface area contributed by atoms with Crippen molar-refractivity contribution in [3.8, 4) is 0 Å². The monoisotopic (exact) mass is 280 g/mol. The van der Waals surface area contributed by atoms with E-state index in [9.17, 15) is 0 Å². The lowest BCUT2D eigenvalue weighted by molar-refractivity contribution is 0.204. The zero-order valence-corrected chi connectivity index (χ0v) is 12.1. The molecule has 3 nitrogen and oxygen atoms in total. The van der Waals surface area contributed by atoms with E-state index in [4.69, 9.17) is 16.3 Å². The van der Waals surface area contributed by atoms with Gasteiger partial charge in [0.2, 0.25) is 0 Å². The Labute approximate surface area is 120 Å². The number of halogens is 1. The number of nitrogens with zero attached hydrogens (tertiary/aromatic N) is 2. The first kappa shape index (κ1) is 14.4. The summed E-state index contributed by atoms with van der Waals surface area (Å²) in [5.41, 5.74) is 1.06. The highest BCUT2D eigenvalue weighted by Crippen LogP contribution is 2.27. The van der Waals surface area contributed by atoms with Crippen LogP contribution < -0.4 is 4.90 Å². The molecule has 1 aliphatic rings. The Balaban J connectivity index is 2.06. The van der Waals surface area contributed by atoms with Gasteiger partial charge in [0.05, 0.1) is 17.3 Å². The highest BCUT2D eigenvalue weighted by atomic mass is 35.5. The predicted octanol–water partition coefficient (Wildman–Crippen LogP) is 3.54. The van der Waals surface area contributed by atoms with Crippen molar-refractivity contribution < 1.29 is 4.74 Å². The van der Waals surface area contributed by atoms with Crippen LogP contribution in [0.3, 0.4) is 0 Å². The van der Waals surface area contributed by atoms with Gasteiger partial charge in [0.15, 0.2) is 0 Å². The van der Waals surface area contributed by atoms with E-state index in [0.717, 1.165) is 25.2 Å². The maximum absolute atomic E-state index is 6.26. The molecule has 1 heterocycles. The van der Waals surface area contributed by atoms with E-state index in [1.54, 1.807) is 19.5 Å². The molecule has 104 valence electrons. The third-order valence-electron chi connectivity index (χ3n) is 3.51. The second kappa shape index (κ2) is 7.51. The van der Waals surface area contributed by atoms with E-state index in [1.165, 1.54) is 12.8 Å². The third-order valence-corrected chi connectivity index (χ3v) is 3.80. The van der Waals surface area contributed by atoms with Gasteiger partial charge >= 0.3 is 0 Å². The van der Waals surface area contributed by atoms with E-state index in [0.29, 0.717) is 17.5 Å². The van der Waals surface area contributed by atoms with Gasteiger partial charge in [-0.3, -0.25) is 4.98 Å². The van der Waals surface area contributed by atoms with Crippen LogP contribution >= 0.6 is 11.6 Å². The summed E-state index contributed by atoms with van der Waals surface area (Å²) in [5.74, 6) is 0.700. The second-order valence-corrected chi connectivity index (χ2v) is 5.32. The fourth-order valence-electron chi connectivity index (χ4n) is 2.47. The molecule has 0 fully saturated rings. The van der Waals surface area contributed by atoms with Crippen molar-refractivity contribution >= 4 is 17.3 Å². The lowest BCUT2D eigenvalue weighted by Crippen LogP contribution is -2.33. The van der Waals surface area contributed by atoms with Crippen molar-refractivity contribution in [3.05, 3.63) is 35.6 Å². The molecule has 1 atom stereocenters. The first-order valence-electron chi connectivity index (χ1n) is 6.79. The summed E-state index contributed by atoms with van der Waals surface area (Å²) in [6.07, 6.45) is 11.7. The minimum Gasteiger partial charge on any atom is -0.383 e. The molecular formula is C15H21ClN2O. The van der Waals surface area contributed by atoms with Crippen molar-refractivity contribution in [2.45, 2.75) is 19.3 Å². The highest BCUT2D eigenvalue weighted by Gasteiger charge is 2.17. The van der Waals surface area contributed by atoms with E-state index < -0.39 is 0 Å². The minimum absolute atomic E-state index is 0.700. The zero-order chi connectivity index (χ0) is 13.5. The number of rotatable bonds is 6. The smallest absolute Gasteiger partial charge is 0.0822 e. The Bertz CT molecular complexity index is 422. The maximum Gasteiger partial charge on any atom is 0.0822 e. The molecule has 1 aromatic rings. The van der Waals surface area contributed by atoms with Crippen LogP contribution in [0.25, 0.3) is 0 Å². The van der Waals surface area contributed by atoms with E-state index in [2.05, 4.69) is 22.0 Å². The van der Waals surface area contributed by atoms with Gasteiger partial charge in [-0.1, -0.05) is 23.8 Å². The van der Waals surface area contributed by atoms with Gasteiger partial charge in [-0.15, -0.1) is 0 Å². The molecular weight excluding hydrogens is 260 g/mol. The molecule has 0 N–H and O–H groups in total. The molecule has 0 spiro atoms. The Morgan fingerprint density at radius 1 is 1.47 bits per heavy atom. The predicted molar refractivity (Wildman–Crippen MR) is 79.8 cm³/mol. The quantitative estimate of drug-likeness (QED) is 0.745. The molecule has 1 unspecified atom stereocenters. The minimum atomic E-state index is 0.700. The topological polar surface area (TPSA) is 25.4 Å². The summed E-state index contributed by atoms with van der Waals surface area (Å²) in [6, 6.07) is 1.98. The first-order valence-corrected chi connectivity index (χ1v) is 7.17. The van der Waals surface area contributed by atoms with Crippen LogP contribution in [0, 0.1) is 5.92 Å². The van der Waals surface area contributed by atoms with Crippen LogP contribution in [-0.2, 0) is 4.74 Å². The van der Waals surface area contributed by atoms with Crippen LogP contribution in [0.5, 0.6) is 0 Å². The molecule has 19 heavy (non-hydrogen) atoms. The summed E-state index contributed by atoms with van der Waals surface area (Å²) in [6.45, 7) is 2.60. The molecule has 0 aromatic carbocycles.